The van der Waals surface area contributed by atoms with E-state index in [0.717, 1.165) is 11.1 Å². The van der Waals surface area contributed by atoms with Crippen LogP contribution in [0.5, 0.6) is 0 Å². The fraction of sp³-hybridized carbons (Fsp3) is 0.541. The van der Waals surface area contributed by atoms with Crippen LogP contribution in [-0.4, -0.2) is 78.7 Å². The summed E-state index contributed by atoms with van der Waals surface area (Å²) in [7, 11) is 1.91. The van der Waals surface area contributed by atoms with E-state index in [1.807, 2.05) is 68.3 Å². The molecule has 0 spiro atoms. The van der Waals surface area contributed by atoms with Gasteiger partial charge in [-0.05, 0) is 82.2 Å². The summed E-state index contributed by atoms with van der Waals surface area (Å²) in [6.07, 6.45) is 0.473. The van der Waals surface area contributed by atoms with Crippen molar-refractivity contribution in [1.82, 2.24) is 20.9 Å². The zero-order valence-corrected chi connectivity index (χ0v) is 30.7. The molecule has 0 heterocycles. The number of nitrogens with zero attached hydrogens (tertiary/aromatic N) is 1. The Labute approximate surface area is 296 Å². The van der Waals surface area contributed by atoms with Crippen LogP contribution in [0.15, 0.2) is 54.6 Å². The average Bonchev–Trinajstić information content (AvgIpc) is 3.03. The fourth-order valence-corrected chi connectivity index (χ4v) is 5.22. The molecule has 0 radical (unpaired) electrons. The highest BCUT2D eigenvalue weighted by Crippen LogP contribution is 2.16. The summed E-state index contributed by atoms with van der Waals surface area (Å²) in [5.41, 5.74) is 6.87. The summed E-state index contributed by atoms with van der Waals surface area (Å²) < 4.78 is 10.9. The normalized spacial score (nSPS) is 13.3. The Hall–Kier alpha value is -4.65. The molecule has 0 fully saturated rings. The Bertz CT molecular complexity index is 1390. The summed E-state index contributed by atoms with van der Waals surface area (Å²) in [6, 6.07) is 13.9. The number of amides is 5. The van der Waals surface area contributed by atoms with E-state index < -0.39 is 47.7 Å². The SMILES string of the molecule is CC(C)C(NC(=O)OC(C)(C)C)C(=O)N[C@@H](CCCNC(N)=O)C(=O)Nc1ccc(CCN(C)[C@H](C(=O)OCc2ccccc2)C(C)C)cc1. The van der Waals surface area contributed by atoms with Crippen LogP contribution in [0, 0.1) is 11.8 Å². The van der Waals surface area contributed by atoms with Crippen LogP contribution in [0.3, 0.4) is 0 Å². The maximum atomic E-state index is 13.4. The molecule has 6 N–H and O–H groups in total. The third-order valence-corrected chi connectivity index (χ3v) is 7.77. The summed E-state index contributed by atoms with van der Waals surface area (Å²) in [4.78, 5) is 65.3. The number of ether oxygens (including phenoxy) is 2. The van der Waals surface area contributed by atoms with Crippen LogP contribution in [-0.2, 0) is 36.9 Å². The van der Waals surface area contributed by atoms with Crippen molar-refractivity contribution < 1.29 is 33.4 Å². The van der Waals surface area contributed by atoms with Crippen molar-refractivity contribution in [3.05, 3.63) is 65.7 Å². The second-order valence-corrected chi connectivity index (χ2v) is 14.1. The highest BCUT2D eigenvalue weighted by molar-refractivity contribution is 5.98. The van der Waals surface area contributed by atoms with Gasteiger partial charge in [0.05, 0.1) is 0 Å². The second-order valence-electron chi connectivity index (χ2n) is 14.1. The summed E-state index contributed by atoms with van der Waals surface area (Å²) in [6.45, 7) is 13.7. The van der Waals surface area contributed by atoms with Gasteiger partial charge in [-0.15, -0.1) is 0 Å². The van der Waals surface area contributed by atoms with E-state index in [1.54, 1.807) is 46.8 Å². The van der Waals surface area contributed by atoms with Crippen molar-refractivity contribution in [2.75, 3.05) is 25.5 Å². The molecular weight excluding hydrogens is 640 g/mol. The quantitative estimate of drug-likeness (QED) is 0.113. The van der Waals surface area contributed by atoms with Crippen LogP contribution >= 0.6 is 0 Å². The van der Waals surface area contributed by atoms with Crippen molar-refractivity contribution in [3.8, 4) is 0 Å². The summed E-state index contributed by atoms with van der Waals surface area (Å²) >= 11 is 0. The van der Waals surface area contributed by atoms with Gasteiger partial charge in [-0.25, -0.2) is 9.59 Å². The number of nitrogens with two attached hydrogens (primary N) is 1. The molecule has 0 aliphatic rings. The monoisotopic (exact) mass is 696 g/mol. The Kier molecular flexibility index (Phi) is 16.7. The molecule has 13 nitrogen and oxygen atoms in total. The van der Waals surface area contributed by atoms with Crippen molar-refractivity contribution in [3.63, 3.8) is 0 Å². The lowest BCUT2D eigenvalue weighted by atomic mass is 10.0. The number of esters is 1. The molecule has 13 heteroatoms. The van der Waals surface area contributed by atoms with Crippen LogP contribution < -0.4 is 27.0 Å². The lowest BCUT2D eigenvalue weighted by molar-refractivity contribution is -0.152. The minimum absolute atomic E-state index is 0.0461. The summed E-state index contributed by atoms with van der Waals surface area (Å²) in [5, 5.41) is 10.7. The maximum Gasteiger partial charge on any atom is 0.408 e. The number of likely N-dealkylation sites (N-methyl/N-ethyl adjacent to an activating group) is 1. The van der Waals surface area contributed by atoms with Crippen LogP contribution in [0.25, 0.3) is 0 Å². The van der Waals surface area contributed by atoms with E-state index in [9.17, 15) is 24.0 Å². The molecule has 0 aromatic heterocycles. The van der Waals surface area contributed by atoms with Crippen molar-refractivity contribution in [2.24, 2.45) is 17.6 Å². The molecule has 0 saturated heterocycles. The van der Waals surface area contributed by atoms with Crippen LogP contribution in [0.2, 0.25) is 0 Å². The first-order valence-electron chi connectivity index (χ1n) is 17.1. The third-order valence-electron chi connectivity index (χ3n) is 7.77. The smallest absolute Gasteiger partial charge is 0.408 e. The molecule has 5 amide bonds. The number of anilines is 1. The molecular formula is C37H56N6O7. The molecule has 50 heavy (non-hydrogen) atoms. The zero-order valence-electron chi connectivity index (χ0n) is 30.7. The number of rotatable bonds is 18. The van der Waals surface area contributed by atoms with E-state index in [2.05, 4.69) is 21.3 Å². The number of benzene rings is 2. The fourth-order valence-electron chi connectivity index (χ4n) is 5.22. The van der Waals surface area contributed by atoms with E-state index in [-0.39, 0.29) is 37.4 Å². The van der Waals surface area contributed by atoms with Crippen molar-refractivity contribution >= 4 is 35.6 Å². The molecule has 2 rings (SSSR count). The maximum absolute atomic E-state index is 13.4. The van der Waals surface area contributed by atoms with Gasteiger partial charge in [0.15, 0.2) is 0 Å². The standard InChI is InChI=1S/C37H56N6O7/c1-24(2)30(42-36(48)50-37(5,6)7)33(45)41-29(15-12-21-39-35(38)47)32(44)40-28-18-16-26(17-19-28)20-22-43(8)31(25(3)4)34(46)49-23-27-13-10-9-11-14-27/h9-11,13-14,16-19,24-25,29-31H,12,15,20-23H2,1-8H3,(H,40,44)(H,41,45)(H,42,48)(H3,38,39,47)/t29-,30?,31-/m0/s1. The predicted molar refractivity (Wildman–Crippen MR) is 193 cm³/mol. The minimum Gasteiger partial charge on any atom is -0.460 e. The van der Waals surface area contributed by atoms with E-state index in [1.165, 1.54) is 0 Å². The van der Waals surface area contributed by atoms with Gasteiger partial charge in [0.2, 0.25) is 11.8 Å². The number of primary amides is 1. The van der Waals surface area contributed by atoms with Crippen LogP contribution in [0.4, 0.5) is 15.3 Å². The molecule has 276 valence electrons. The molecule has 0 bridgehead atoms. The Balaban J connectivity index is 2.04. The van der Waals surface area contributed by atoms with Gasteiger partial charge in [0.25, 0.3) is 0 Å². The number of carbonyl (C=O) groups excluding carboxylic acids is 5. The number of alkyl carbamates (subject to hydrolysis) is 1. The van der Waals surface area contributed by atoms with E-state index in [4.69, 9.17) is 15.2 Å². The Morgan fingerprint density at radius 3 is 2.04 bits per heavy atom. The Morgan fingerprint density at radius 2 is 1.48 bits per heavy atom. The predicted octanol–water partition coefficient (Wildman–Crippen LogP) is 4.35. The highest BCUT2D eigenvalue weighted by Gasteiger charge is 2.31. The summed E-state index contributed by atoms with van der Waals surface area (Å²) in [5.74, 6) is -1.53. The second kappa shape index (κ2) is 20.1. The lowest BCUT2D eigenvalue weighted by Crippen LogP contribution is -2.55. The third kappa shape index (κ3) is 15.3. The topological polar surface area (TPSA) is 181 Å². The van der Waals surface area contributed by atoms with E-state index in [0.29, 0.717) is 25.1 Å². The first-order valence-corrected chi connectivity index (χ1v) is 17.1. The van der Waals surface area contributed by atoms with Crippen LogP contribution in [0.1, 0.15) is 72.4 Å². The average molecular weight is 697 g/mol. The Morgan fingerprint density at radius 1 is 0.840 bits per heavy atom. The van der Waals surface area contributed by atoms with Gasteiger partial charge in [0.1, 0.15) is 30.3 Å². The first kappa shape index (κ1) is 41.5. The van der Waals surface area contributed by atoms with Gasteiger partial charge < -0.3 is 36.5 Å². The molecule has 2 aromatic rings. The number of urea groups is 1. The van der Waals surface area contributed by atoms with Gasteiger partial charge >= 0.3 is 18.1 Å². The number of nitrogens with one attached hydrogen (secondary N) is 4. The molecule has 2 aromatic carbocycles. The van der Waals surface area contributed by atoms with Gasteiger partial charge in [-0.1, -0.05) is 70.2 Å². The van der Waals surface area contributed by atoms with Crippen molar-refractivity contribution in [1.29, 1.82) is 0 Å². The lowest BCUT2D eigenvalue weighted by Gasteiger charge is -2.29. The molecule has 0 saturated carbocycles. The first-order chi connectivity index (χ1) is 23.5. The number of hydrogen-bond donors (Lipinski definition) is 5. The molecule has 0 aliphatic carbocycles. The van der Waals surface area contributed by atoms with Crippen molar-refractivity contribution in [2.45, 2.75) is 98.1 Å². The number of hydrogen-bond acceptors (Lipinski definition) is 8. The number of carbonyl (C=O) groups is 5. The minimum atomic E-state index is -0.971. The highest BCUT2D eigenvalue weighted by atomic mass is 16.6. The zero-order chi connectivity index (χ0) is 37.4. The van der Waals surface area contributed by atoms with Gasteiger partial charge in [-0.2, -0.15) is 0 Å². The van der Waals surface area contributed by atoms with Gasteiger partial charge in [0, 0.05) is 18.8 Å². The molecule has 0 aliphatic heterocycles. The molecule has 3 atom stereocenters. The van der Waals surface area contributed by atoms with E-state index >= 15 is 0 Å². The molecule has 1 unspecified atom stereocenters. The van der Waals surface area contributed by atoms with Gasteiger partial charge in [-0.3, -0.25) is 19.3 Å². The largest absolute Gasteiger partial charge is 0.460 e.